The van der Waals surface area contributed by atoms with Crippen molar-refractivity contribution in [1.82, 2.24) is 14.8 Å². The lowest BCUT2D eigenvalue weighted by atomic mass is 9.90. The van der Waals surface area contributed by atoms with Crippen LogP contribution >= 0.6 is 11.3 Å². The van der Waals surface area contributed by atoms with Gasteiger partial charge in [-0.25, -0.2) is 9.67 Å². The van der Waals surface area contributed by atoms with Crippen LogP contribution in [0.1, 0.15) is 29.5 Å². The van der Waals surface area contributed by atoms with Crippen LogP contribution in [0.15, 0.2) is 100.0 Å². The van der Waals surface area contributed by atoms with E-state index < -0.39 is 0 Å². The summed E-state index contributed by atoms with van der Waals surface area (Å²) >= 11 is 1.55. The summed E-state index contributed by atoms with van der Waals surface area (Å²) < 4.78 is 7.98. The highest BCUT2D eigenvalue weighted by molar-refractivity contribution is 7.14. The first-order valence-electron chi connectivity index (χ1n) is 12.8. The molecule has 7 heteroatoms. The van der Waals surface area contributed by atoms with Crippen molar-refractivity contribution in [3.05, 3.63) is 107 Å². The highest BCUT2D eigenvalue weighted by Gasteiger charge is 2.16. The molecule has 1 N–H and O–H groups in total. The second-order valence-electron chi connectivity index (χ2n) is 9.46. The number of nitrogens with one attached hydrogen (secondary N) is 1. The third-order valence-electron chi connectivity index (χ3n) is 6.93. The van der Waals surface area contributed by atoms with Gasteiger partial charge in [0, 0.05) is 28.1 Å². The lowest BCUT2D eigenvalue weighted by Gasteiger charge is -2.15. The van der Waals surface area contributed by atoms with E-state index >= 15 is 0 Å². The summed E-state index contributed by atoms with van der Waals surface area (Å²) in [7, 11) is 0. The lowest BCUT2D eigenvalue weighted by molar-refractivity contribution is 0.627. The maximum Gasteiger partial charge on any atom is 0.203 e. The van der Waals surface area contributed by atoms with Gasteiger partial charge in [-0.1, -0.05) is 48.5 Å². The average Bonchev–Trinajstić information content (AvgIpc) is 3.72. The molecule has 0 bridgehead atoms. The predicted molar refractivity (Wildman–Crippen MR) is 154 cm³/mol. The Morgan fingerprint density at radius 2 is 1.76 bits per heavy atom. The van der Waals surface area contributed by atoms with Gasteiger partial charge in [-0.05, 0) is 67.1 Å². The summed E-state index contributed by atoms with van der Waals surface area (Å²) in [6.45, 7) is 0. The van der Waals surface area contributed by atoms with Gasteiger partial charge in [0.1, 0.15) is 11.3 Å². The van der Waals surface area contributed by atoms with Crippen LogP contribution in [0, 0.1) is 0 Å². The number of hydrazone groups is 1. The Hall–Kier alpha value is -4.49. The number of hydrogen-bond donors (Lipinski definition) is 1. The van der Waals surface area contributed by atoms with E-state index in [2.05, 4.69) is 34.1 Å². The Kier molecular flexibility index (Phi) is 5.83. The molecule has 0 fully saturated rings. The number of fused-ring (bicyclic) bond motifs is 2. The third kappa shape index (κ3) is 4.41. The number of para-hydroxylation sites is 2. The number of anilines is 1. The standard InChI is InChI=1S/C31H25N5OS/c1-2-11-26(12-3-1)36-19-25(30(35-36)29-17-24-10-6-7-13-28(24)37-29)18-32-34-31-33-27(20-38-31)23-15-14-21-8-4-5-9-22(21)16-23/h1-3,6-7,10-20H,4-5,8-9H2,(H,33,34)/b32-18+. The fourth-order valence-corrected chi connectivity index (χ4v) is 5.66. The van der Waals surface area contributed by atoms with Gasteiger partial charge in [-0.2, -0.15) is 10.2 Å². The highest BCUT2D eigenvalue weighted by atomic mass is 32.1. The molecule has 1 aliphatic carbocycles. The second-order valence-corrected chi connectivity index (χ2v) is 10.3. The Morgan fingerprint density at radius 1 is 0.921 bits per heavy atom. The Labute approximate surface area is 224 Å². The van der Waals surface area contributed by atoms with Crippen molar-refractivity contribution in [3.63, 3.8) is 0 Å². The number of hydrogen-bond acceptors (Lipinski definition) is 6. The van der Waals surface area contributed by atoms with Gasteiger partial charge in [0.25, 0.3) is 0 Å². The van der Waals surface area contributed by atoms with Crippen molar-refractivity contribution >= 4 is 33.7 Å². The van der Waals surface area contributed by atoms with E-state index in [0.29, 0.717) is 5.76 Å². The third-order valence-corrected chi connectivity index (χ3v) is 7.68. The molecule has 0 atom stereocenters. The molecule has 0 amide bonds. The van der Waals surface area contributed by atoms with Crippen molar-refractivity contribution in [2.45, 2.75) is 25.7 Å². The maximum absolute atomic E-state index is 6.13. The molecule has 38 heavy (non-hydrogen) atoms. The quantitative estimate of drug-likeness (QED) is 0.182. The van der Waals surface area contributed by atoms with E-state index in [1.807, 2.05) is 71.5 Å². The topological polar surface area (TPSA) is 68.2 Å². The van der Waals surface area contributed by atoms with Crippen LogP contribution in [0.4, 0.5) is 5.13 Å². The summed E-state index contributed by atoms with van der Waals surface area (Å²) in [6.07, 6.45) is 8.64. The van der Waals surface area contributed by atoms with Crippen molar-refractivity contribution in [1.29, 1.82) is 0 Å². The number of rotatable bonds is 6. The van der Waals surface area contributed by atoms with Gasteiger partial charge < -0.3 is 4.42 Å². The molecule has 3 aromatic carbocycles. The number of aromatic nitrogens is 3. The van der Waals surface area contributed by atoms with E-state index in [4.69, 9.17) is 14.5 Å². The second kappa shape index (κ2) is 9.76. The molecule has 7 rings (SSSR count). The molecule has 0 spiro atoms. The first kappa shape index (κ1) is 22.7. The monoisotopic (exact) mass is 515 g/mol. The summed E-state index contributed by atoms with van der Waals surface area (Å²) in [6, 6.07) is 26.8. The normalized spacial score (nSPS) is 13.3. The molecule has 1 aliphatic rings. The van der Waals surface area contributed by atoms with Gasteiger partial charge in [-0.3, -0.25) is 5.43 Å². The molecule has 0 saturated heterocycles. The number of aryl methyl sites for hydroxylation is 2. The number of benzene rings is 3. The van der Waals surface area contributed by atoms with Gasteiger partial charge in [0.05, 0.1) is 17.6 Å². The Bertz CT molecular complexity index is 1730. The lowest BCUT2D eigenvalue weighted by Crippen LogP contribution is -2.02. The molecular weight excluding hydrogens is 490 g/mol. The van der Waals surface area contributed by atoms with Crippen molar-refractivity contribution in [2.75, 3.05) is 5.43 Å². The maximum atomic E-state index is 6.13. The van der Waals surface area contributed by atoms with Crippen LogP contribution in [0.2, 0.25) is 0 Å². The summed E-state index contributed by atoms with van der Waals surface area (Å²) in [5, 5.41) is 13.2. The van der Waals surface area contributed by atoms with Crippen LogP contribution < -0.4 is 5.43 Å². The predicted octanol–water partition coefficient (Wildman–Crippen LogP) is 7.73. The molecule has 3 aromatic heterocycles. The van der Waals surface area contributed by atoms with Crippen LogP contribution in [0.25, 0.3) is 39.4 Å². The van der Waals surface area contributed by atoms with E-state index in [9.17, 15) is 0 Å². The molecule has 6 aromatic rings. The first-order valence-corrected chi connectivity index (χ1v) is 13.7. The smallest absolute Gasteiger partial charge is 0.203 e. The van der Waals surface area contributed by atoms with Crippen LogP contribution in [0.3, 0.4) is 0 Å². The summed E-state index contributed by atoms with van der Waals surface area (Å²) in [4.78, 5) is 4.78. The molecule has 0 aliphatic heterocycles. The fourth-order valence-electron chi connectivity index (χ4n) is 4.99. The minimum atomic E-state index is 0.700. The summed E-state index contributed by atoms with van der Waals surface area (Å²) in [5.41, 5.74) is 11.5. The van der Waals surface area contributed by atoms with Crippen LogP contribution in [0.5, 0.6) is 0 Å². The van der Waals surface area contributed by atoms with Crippen LogP contribution in [-0.2, 0) is 12.8 Å². The minimum absolute atomic E-state index is 0.700. The zero-order valence-electron chi connectivity index (χ0n) is 20.7. The SMILES string of the molecule is C(=N\Nc1nc(-c2ccc3c(c2)CCCC3)cs1)/c1cn(-c2ccccc2)nc1-c1cc2ccccc2o1. The average molecular weight is 516 g/mol. The Morgan fingerprint density at radius 3 is 2.66 bits per heavy atom. The molecule has 6 nitrogen and oxygen atoms in total. The molecule has 186 valence electrons. The van der Waals surface area contributed by atoms with Crippen molar-refractivity contribution in [3.8, 4) is 28.4 Å². The van der Waals surface area contributed by atoms with E-state index in [1.165, 1.54) is 30.4 Å². The number of furan rings is 1. The number of thiazole rings is 1. The molecular formula is C31H25N5OS. The van der Waals surface area contributed by atoms with E-state index in [-0.39, 0.29) is 0 Å². The zero-order valence-corrected chi connectivity index (χ0v) is 21.5. The zero-order chi connectivity index (χ0) is 25.3. The van der Waals surface area contributed by atoms with Gasteiger partial charge in [0.15, 0.2) is 5.76 Å². The fraction of sp³-hybridized carbons (Fsp3) is 0.129. The summed E-state index contributed by atoms with van der Waals surface area (Å²) in [5.74, 6) is 0.700. The van der Waals surface area contributed by atoms with Crippen molar-refractivity contribution in [2.24, 2.45) is 5.10 Å². The molecule has 0 radical (unpaired) electrons. The Balaban J connectivity index is 1.16. The van der Waals surface area contributed by atoms with Crippen LogP contribution in [-0.4, -0.2) is 21.0 Å². The molecule has 0 unspecified atom stereocenters. The van der Waals surface area contributed by atoms with Gasteiger partial charge in [0.2, 0.25) is 5.13 Å². The molecule has 3 heterocycles. The van der Waals surface area contributed by atoms with Crippen molar-refractivity contribution < 1.29 is 4.42 Å². The van der Waals surface area contributed by atoms with Gasteiger partial charge >= 0.3 is 0 Å². The number of nitrogens with zero attached hydrogens (tertiary/aromatic N) is 4. The largest absolute Gasteiger partial charge is 0.454 e. The van der Waals surface area contributed by atoms with Gasteiger partial charge in [-0.15, -0.1) is 11.3 Å². The first-order chi connectivity index (χ1) is 18.8. The van der Waals surface area contributed by atoms with E-state index in [0.717, 1.165) is 50.7 Å². The highest BCUT2D eigenvalue weighted by Crippen LogP contribution is 2.31. The molecule has 0 saturated carbocycles. The minimum Gasteiger partial charge on any atom is -0.454 e. The van der Waals surface area contributed by atoms with E-state index in [1.54, 1.807) is 17.6 Å².